The largest absolute Gasteiger partial charge is 0.463 e. The molecule has 0 aromatic carbocycles. The average molecular weight is 297 g/mol. The summed E-state index contributed by atoms with van der Waals surface area (Å²) in [6.45, 7) is 0.630. The molecule has 2 atom stereocenters. The van der Waals surface area contributed by atoms with E-state index in [0.717, 1.165) is 0 Å². The van der Waals surface area contributed by atoms with Crippen LogP contribution in [0.15, 0.2) is 0 Å². The fraction of sp³-hybridized carbons (Fsp3) is 0.778. The van der Waals surface area contributed by atoms with Crippen LogP contribution >= 0.6 is 7.75 Å². The lowest BCUT2D eigenvalue weighted by Gasteiger charge is -2.13. The van der Waals surface area contributed by atoms with Gasteiger partial charge in [-0.25, -0.2) is 14.4 Å². The van der Waals surface area contributed by atoms with Crippen molar-refractivity contribution in [2.24, 2.45) is 0 Å². The van der Waals surface area contributed by atoms with Crippen LogP contribution in [0.25, 0.3) is 0 Å². The number of aliphatic hydroxyl groups excluding tert-OH is 1. The SMILES string of the molecule is CC(=O)OCC(O)COC(=O)COP1(=O)NCCO1. The fourth-order valence-electron chi connectivity index (χ4n) is 1.11. The van der Waals surface area contributed by atoms with Gasteiger partial charge >= 0.3 is 19.7 Å². The van der Waals surface area contributed by atoms with Crippen molar-refractivity contribution in [3.8, 4) is 0 Å². The lowest BCUT2D eigenvalue weighted by atomic mass is 10.4. The van der Waals surface area contributed by atoms with E-state index >= 15 is 0 Å². The number of nitrogens with one attached hydrogen (secondary N) is 1. The van der Waals surface area contributed by atoms with Crippen LogP contribution in [-0.2, 0) is 32.7 Å². The minimum atomic E-state index is -3.38. The Hall–Kier alpha value is -0.990. The van der Waals surface area contributed by atoms with Crippen molar-refractivity contribution < 1.29 is 37.8 Å². The molecule has 2 N–H and O–H groups in total. The quantitative estimate of drug-likeness (QED) is 0.459. The summed E-state index contributed by atoms with van der Waals surface area (Å²) in [6.07, 6.45) is -1.12. The molecule has 0 aromatic rings. The highest BCUT2D eigenvalue weighted by Gasteiger charge is 2.30. The number of aliphatic hydroxyl groups is 1. The van der Waals surface area contributed by atoms with Gasteiger partial charge in [0.2, 0.25) is 0 Å². The smallest absolute Gasteiger partial charge is 0.406 e. The first-order chi connectivity index (χ1) is 8.91. The van der Waals surface area contributed by atoms with Gasteiger partial charge in [-0.1, -0.05) is 0 Å². The van der Waals surface area contributed by atoms with Gasteiger partial charge in [0.25, 0.3) is 0 Å². The first kappa shape index (κ1) is 16.1. The van der Waals surface area contributed by atoms with E-state index < -0.39 is 32.4 Å². The van der Waals surface area contributed by atoms with Crippen LogP contribution in [0, 0.1) is 0 Å². The Morgan fingerprint density at radius 3 is 2.68 bits per heavy atom. The normalized spacial score (nSPS) is 23.9. The molecule has 1 heterocycles. The lowest BCUT2D eigenvalue weighted by Crippen LogP contribution is -2.26. The van der Waals surface area contributed by atoms with Crippen LogP contribution in [0.2, 0.25) is 0 Å². The summed E-state index contributed by atoms with van der Waals surface area (Å²) < 4.78 is 30.3. The van der Waals surface area contributed by atoms with E-state index in [1.807, 2.05) is 0 Å². The van der Waals surface area contributed by atoms with Crippen LogP contribution in [0.4, 0.5) is 0 Å². The predicted octanol–water partition coefficient (Wildman–Crippen LogP) is -0.802. The monoisotopic (exact) mass is 297 g/mol. The summed E-state index contributed by atoms with van der Waals surface area (Å²) >= 11 is 0. The minimum Gasteiger partial charge on any atom is -0.463 e. The van der Waals surface area contributed by atoms with Gasteiger partial charge in [0.1, 0.15) is 19.3 Å². The molecule has 110 valence electrons. The Kier molecular flexibility index (Phi) is 6.40. The maximum Gasteiger partial charge on any atom is 0.406 e. The number of hydrogen-bond donors (Lipinski definition) is 2. The molecular formula is C9H16NO8P. The van der Waals surface area contributed by atoms with E-state index in [9.17, 15) is 19.3 Å². The first-order valence-electron chi connectivity index (χ1n) is 5.52. The number of ether oxygens (including phenoxy) is 2. The third-order valence-electron chi connectivity index (χ3n) is 1.94. The van der Waals surface area contributed by atoms with Crippen molar-refractivity contribution in [2.45, 2.75) is 13.0 Å². The van der Waals surface area contributed by atoms with Crippen molar-refractivity contribution in [3.63, 3.8) is 0 Å². The van der Waals surface area contributed by atoms with Gasteiger partial charge in [-0.3, -0.25) is 13.8 Å². The van der Waals surface area contributed by atoms with Gasteiger partial charge in [-0.2, -0.15) is 0 Å². The van der Waals surface area contributed by atoms with Gasteiger partial charge in [0, 0.05) is 13.5 Å². The maximum atomic E-state index is 11.6. The van der Waals surface area contributed by atoms with E-state index in [1.165, 1.54) is 6.92 Å². The lowest BCUT2D eigenvalue weighted by molar-refractivity contribution is -0.152. The molecule has 0 saturated carbocycles. The van der Waals surface area contributed by atoms with Gasteiger partial charge in [0.15, 0.2) is 6.61 Å². The van der Waals surface area contributed by atoms with Crippen molar-refractivity contribution in [3.05, 3.63) is 0 Å². The van der Waals surface area contributed by atoms with Crippen LogP contribution in [0.5, 0.6) is 0 Å². The number of esters is 2. The van der Waals surface area contributed by atoms with E-state index in [1.54, 1.807) is 0 Å². The second-order valence-electron chi connectivity index (χ2n) is 3.65. The maximum absolute atomic E-state index is 11.6. The molecule has 9 nitrogen and oxygen atoms in total. The Balaban J connectivity index is 2.13. The van der Waals surface area contributed by atoms with Crippen molar-refractivity contribution in [1.82, 2.24) is 5.09 Å². The molecule has 0 spiro atoms. The molecule has 0 radical (unpaired) electrons. The van der Waals surface area contributed by atoms with E-state index in [-0.39, 0.29) is 19.8 Å². The number of hydrogen-bond acceptors (Lipinski definition) is 8. The predicted molar refractivity (Wildman–Crippen MR) is 61.1 cm³/mol. The zero-order valence-corrected chi connectivity index (χ0v) is 11.3. The number of carbonyl (C=O) groups is 2. The summed E-state index contributed by atoms with van der Waals surface area (Å²) in [6, 6.07) is 0. The summed E-state index contributed by atoms with van der Waals surface area (Å²) in [7, 11) is -3.38. The average Bonchev–Trinajstić information content (AvgIpc) is 2.79. The molecule has 0 bridgehead atoms. The molecule has 0 amide bonds. The molecule has 0 aromatic heterocycles. The summed E-state index contributed by atoms with van der Waals surface area (Å²) in [5.41, 5.74) is 0. The molecule has 10 heteroatoms. The Labute approximate surface area is 109 Å². The van der Waals surface area contributed by atoms with E-state index in [4.69, 9.17) is 9.05 Å². The molecule has 1 fully saturated rings. The third-order valence-corrected chi connectivity index (χ3v) is 3.54. The molecule has 1 rings (SSSR count). The number of rotatable bonds is 7. The van der Waals surface area contributed by atoms with Crippen molar-refractivity contribution in [1.29, 1.82) is 0 Å². The van der Waals surface area contributed by atoms with Crippen molar-refractivity contribution >= 4 is 19.7 Å². The minimum absolute atomic E-state index is 0.243. The number of carbonyl (C=O) groups excluding carboxylic acids is 2. The summed E-state index contributed by atoms with van der Waals surface area (Å²) in [5, 5.41) is 11.8. The summed E-state index contributed by atoms with van der Waals surface area (Å²) in [5.74, 6) is -1.36. The fourth-order valence-corrected chi connectivity index (χ4v) is 2.34. The highest BCUT2D eigenvalue weighted by atomic mass is 31.2. The van der Waals surface area contributed by atoms with Gasteiger partial charge in [-0.15, -0.1) is 0 Å². The first-order valence-corrected chi connectivity index (χ1v) is 7.07. The third kappa shape index (κ3) is 6.65. The summed E-state index contributed by atoms with van der Waals surface area (Å²) in [4.78, 5) is 21.7. The van der Waals surface area contributed by atoms with E-state index in [0.29, 0.717) is 6.54 Å². The van der Waals surface area contributed by atoms with Gasteiger partial charge in [0.05, 0.1) is 6.61 Å². The molecule has 1 aliphatic rings. The van der Waals surface area contributed by atoms with Crippen molar-refractivity contribution in [2.75, 3.05) is 33.0 Å². The molecule has 0 aliphatic carbocycles. The molecular weight excluding hydrogens is 281 g/mol. The standard InChI is InChI=1S/C9H16NO8P/c1-7(11)15-4-8(12)5-16-9(13)6-18-19(14)10-2-3-17-19/h8,12H,2-6H2,1H3,(H,10,14). The second kappa shape index (κ2) is 7.56. The van der Waals surface area contributed by atoms with Crippen LogP contribution in [-0.4, -0.2) is 56.1 Å². The van der Waals surface area contributed by atoms with Gasteiger partial charge in [-0.05, 0) is 0 Å². The highest BCUT2D eigenvalue weighted by Crippen LogP contribution is 2.46. The molecule has 1 aliphatic heterocycles. The van der Waals surface area contributed by atoms with Crippen LogP contribution in [0.1, 0.15) is 6.92 Å². The zero-order valence-electron chi connectivity index (χ0n) is 10.4. The molecule has 1 saturated heterocycles. The Bertz CT molecular complexity index is 363. The Morgan fingerprint density at radius 2 is 2.11 bits per heavy atom. The molecule has 2 unspecified atom stereocenters. The second-order valence-corrected chi connectivity index (χ2v) is 5.48. The van der Waals surface area contributed by atoms with Gasteiger partial charge < -0.3 is 14.6 Å². The Morgan fingerprint density at radius 1 is 1.42 bits per heavy atom. The molecule has 19 heavy (non-hydrogen) atoms. The highest BCUT2D eigenvalue weighted by molar-refractivity contribution is 7.51. The topological polar surface area (TPSA) is 120 Å². The zero-order chi connectivity index (χ0) is 14.3. The van der Waals surface area contributed by atoms with Crippen LogP contribution < -0.4 is 5.09 Å². The van der Waals surface area contributed by atoms with E-state index in [2.05, 4.69) is 14.6 Å². The van der Waals surface area contributed by atoms with Crippen LogP contribution in [0.3, 0.4) is 0 Å².